The van der Waals surface area contributed by atoms with E-state index in [9.17, 15) is 0 Å². The van der Waals surface area contributed by atoms with E-state index in [0.29, 0.717) is 18.0 Å². The van der Waals surface area contributed by atoms with Crippen LogP contribution in [0.3, 0.4) is 0 Å². The van der Waals surface area contributed by atoms with Gasteiger partial charge in [0.25, 0.3) is 0 Å². The van der Waals surface area contributed by atoms with Gasteiger partial charge >= 0.3 is 0 Å². The molecular weight excluding hydrogens is 308 g/mol. The summed E-state index contributed by atoms with van der Waals surface area (Å²) < 4.78 is 16.9. The third kappa shape index (κ3) is 3.50. The summed E-state index contributed by atoms with van der Waals surface area (Å²) in [4.78, 5) is 0.374. The summed E-state index contributed by atoms with van der Waals surface area (Å²) in [6.45, 7) is 5.38. The fourth-order valence-electron chi connectivity index (χ4n) is 2.26. The molecular formula is C15H21BrO3. The molecule has 0 amide bonds. The molecule has 1 aliphatic rings. The van der Waals surface area contributed by atoms with Gasteiger partial charge in [0.2, 0.25) is 0 Å². The second-order valence-corrected chi connectivity index (χ2v) is 6.13. The van der Waals surface area contributed by atoms with Crippen molar-refractivity contribution in [3.63, 3.8) is 0 Å². The van der Waals surface area contributed by atoms with Gasteiger partial charge in [-0.15, -0.1) is 0 Å². The first-order chi connectivity index (χ1) is 9.13. The van der Waals surface area contributed by atoms with Crippen LogP contribution in [0.4, 0.5) is 0 Å². The maximum absolute atomic E-state index is 6.13. The minimum atomic E-state index is 0.106. The van der Waals surface area contributed by atoms with Crippen molar-refractivity contribution in [3.05, 3.63) is 29.3 Å². The van der Waals surface area contributed by atoms with Crippen molar-refractivity contribution in [3.8, 4) is 5.75 Å². The first-order valence-electron chi connectivity index (χ1n) is 6.61. The van der Waals surface area contributed by atoms with Crippen molar-refractivity contribution >= 4 is 15.9 Å². The van der Waals surface area contributed by atoms with Crippen molar-refractivity contribution in [2.24, 2.45) is 0 Å². The minimum absolute atomic E-state index is 0.106. The molecule has 0 heterocycles. The highest BCUT2D eigenvalue weighted by atomic mass is 79.9. The van der Waals surface area contributed by atoms with Crippen LogP contribution in [-0.4, -0.2) is 37.4 Å². The van der Waals surface area contributed by atoms with E-state index in [2.05, 4.69) is 48.0 Å². The smallest absolute Gasteiger partial charge is 0.127 e. The first kappa shape index (κ1) is 14.8. The number of para-hydroxylation sites is 1. The van der Waals surface area contributed by atoms with Gasteiger partial charge in [0.15, 0.2) is 0 Å². The number of benzene rings is 1. The second-order valence-electron chi connectivity index (χ2n) is 4.96. The predicted molar refractivity (Wildman–Crippen MR) is 79.3 cm³/mol. The molecule has 1 aromatic rings. The Morgan fingerprint density at radius 3 is 2.47 bits per heavy atom. The lowest BCUT2D eigenvalue weighted by Gasteiger charge is -2.41. The fraction of sp³-hybridized carbons (Fsp3) is 0.600. The van der Waals surface area contributed by atoms with Gasteiger partial charge in [-0.25, -0.2) is 0 Å². The first-order valence-corrected chi connectivity index (χ1v) is 7.52. The number of hydrogen-bond acceptors (Lipinski definition) is 3. The Hall–Kier alpha value is -0.580. The monoisotopic (exact) mass is 328 g/mol. The maximum atomic E-state index is 6.13. The SMILES string of the molecule is COCCOC1C(Br)CC1Oc1c(C)cccc1C. The van der Waals surface area contributed by atoms with Gasteiger partial charge in [0, 0.05) is 18.4 Å². The zero-order valence-electron chi connectivity index (χ0n) is 11.7. The molecule has 1 aliphatic carbocycles. The number of alkyl halides is 1. The molecule has 1 aromatic carbocycles. The predicted octanol–water partition coefficient (Wildman–Crippen LogP) is 3.25. The number of hydrogen-bond donors (Lipinski definition) is 0. The van der Waals surface area contributed by atoms with Gasteiger partial charge in [-0.3, -0.25) is 0 Å². The Kier molecular flexibility index (Phi) is 5.25. The third-order valence-electron chi connectivity index (χ3n) is 3.46. The Morgan fingerprint density at radius 1 is 1.21 bits per heavy atom. The van der Waals surface area contributed by atoms with Crippen molar-refractivity contribution < 1.29 is 14.2 Å². The highest BCUT2D eigenvalue weighted by molar-refractivity contribution is 9.09. The molecule has 3 unspecified atom stereocenters. The van der Waals surface area contributed by atoms with Gasteiger partial charge in [-0.05, 0) is 25.0 Å². The largest absolute Gasteiger partial charge is 0.487 e. The summed E-state index contributed by atoms with van der Waals surface area (Å²) in [7, 11) is 1.68. The second kappa shape index (κ2) is 6.73. The molecule has 1 saturated carbocycles. The van der Waals surface area contributed by atoms with Crippen LogP contribution in [0.1, 0.15) is 17.5 Å². The third-order valence-corrected chi connectivity index (χ3v) is 4.35. The summed E-state index contributed by atoms with van der Waals surface area (Å²) in [6, 6.07) is 6.21. The summed E-state index contributed by atoms with van der Waals surface area (Å²) in [5.41, 5.74) is 2.35. The average molecular weight is 329 g/mol. The lowest BCUT2D eigenvalue weighted by molar-refractivity contribution is -0.0869. The molecule has 106 valence electrons. The number of methoxy groups -OCH3 is 1. The summed E-state index contributed by atoms with van der Waals surface area (Å²) >= 11 is 3.62. The number of halogens is 1. The molecule has 0 aliphatic heterocycles. The highest BCUT2D eigenvalue weighted by Crippen LogP contribution is 2.36. The van der Waals surface area contributed by atoms with Crippen molar-refractivity contribution in [1.82, 2.24) is 0 Å². The van der Waals surface area contributed by atoms with Crippen LogP contribution in [0.2, 0.25) is 0 Å². The van der Waals surface area contributed by atoms with E-state index in [1.807, 2.05) is 0 Å². The lowest BCUT2D eigenvalue weighted by atomic mass is 9.91. The average Bonchev–Trinajstić information content (AvgIpc) is 2.37. The molecule has 0 N–H and O–H groups in total. The lowest BCUT2D eigenvalue weighted by Crippen LogP contribution is -2.52. The normalized spacial score (nSPS) is 26.0. The van der Waals surface area contributed by atoms with Gasteiger partial charge < -0.3 is 14.2 Å². The van der Waals surface area contributed by atoms with Gasteiger partial charge in [0.1, 0.15) is 18.0 Å². The molecule has 0 saturated heterocycles. The van der Waals surface area contributed by atoms with Gasteiger partial charge in [-0.1, -0.05) is 34.1 Å². The number of rotatable bonds is 6. The maximum Gasteiger partial charge on any atom is 0.127 e. The standard InChI is InChI=1S/C15H21BrO3/c1-10-5-4-6-11(2)14(10)19-13-9-12(16)15(13)18-8-7-17-3/h4-6,12-13,15H,7-9H2,1-3H3. The molecule has 19 heavy (non-hydrogen) atoms. The Bertz CT molecular complexity index is 402. The van der Waals surface area contributed by atoms with E-state index in [1.54, 1.807) is 7.11 Å². The molecule has 0 spiro atoms. The topological polar surface area (TPSA) is 27.7 Å². The van der Waals surface area contributed by atoms with E-state index >= 15 is 0 Å². The molecule has 4 heteroatoms. The van der Waals surface area contributed by atoms with Crippen LogP contribution in [0.25, 0.3) is 0 Å². The van der Waals surface area contributed by atoms with E-state index in [4.69, 9.17) is 14.2 Å². The van der Waals surface area contributed by atoms with E-state index in [0.717, 1.165) is 12.2 Å². The van der Waals surface area contributed by atoms with E-state index in [1.165, 1.54) is 11.1 Å². The Balaban J connectivity index is 1.95. The minimum Gasteiger partial charge on any atom is -0.487 e. The quantitative estimate of drug-likeness (QED) is 0.592. The van der Waals surface area contributed by atoms with Crippen LogP contribution < -0.4 is 4.74 Å². The van der Waals surface area contributed by atoms with Crippen molar-refractivity contribution in [1.29, 1.82) is 0 Å². The van der Waals surface area contributed by atoms with Crippen LogP contribution in [-0.2, 0) is 9.47 Å². The zero-order chi connectivity index (χ0) is 13.8. The van der Waals surface area contributed by atoms with Gasteiger partial charge in [0.05, 0.1) is 13.2 Å². The van der Waals surface area contributed by atoms with Gasteiger partial charge in [-0.2, -0.15) is 0 Å². The molecule has 0 radical (unpaired) electrons. The summed E-state index contributed by atoms with van der Waals surface area (Å²) in [5.74, 6) is 0.993. The molecule has 3 atom stereocenters. The number of ether oxygens (including phenoxy) is 3. The number of aryl methyl sites for hydroxylation is 2. The van der Waals surface area contributed by atoms with Crippen LogP contribution in [0.15, 0.2) is 18.2 Å². The summed E-state index contributed by atoms with van der Waals surface area (Å²) in [5, 5.41) is 0. The van der Waals surface area contributed by atoms with Crippen LogP contribution in [0, 0.1) is 13.8 Å². The molecule has 3 nitrogen and oxygen atoms in total. The van der Waals surface area contributed by atoms with Crippen molar-refractivity contribution in [2.75, 3.05) is 20.3 Å². The molecule has 2 rings (SSSR count). The highest BCUT2D eigenvalue weighted by Gasteiger charge is 2.42. The molecule has 1 fully saturated rings. The molecule has 0 aromatic heterocycles. The Morgan fingerprint density at radius 2 is 1.89 bits per heavy atom. The van der Waals surface area contributed by atoms with Crippen LogP contribution in [0.5, 0.6) is 5.75 Å². The van der Waals surface area contributed by atoms with Crippen LogP contribution >= 0.6 is 15.9 Å². The zero-order valence-corrected chi connectivity index (χ0v) is 13.3. The Labute approximate surface area is 123 Å². The van der Waals surface area contributed by atoms with E-state index in [-0.39, 0.29) is 12.2 Å². The fourth-order valence-corrected chi connectivity index (χ4v) is 3.12. The molecule has 0 bridgehead atoms. The van der Waals surface area contributed by atoms with E-state index < -0.39 is 0 Å². The van der Waals surface area contributed by atoms with Crippen molar-refractivity contribution in [2.45, 2.75) is 37.3 Å². The summed E-state index contributed by atoms with van der Waals surface area (Å²) in [6.07, 6.45) is 1.21.